The van der Waals surface area contributed by atoms with Crippen LogP contribution in [0, 0.1) is 16.0 Å². The highest BCUT2D eigenvalue weighted by Gasteiger charge is 2.30. The molecule has 2 aromatic rings. The van der Waals surface area contributed by atoms with Crippen LogP contribution in [0.5, 0.6) is 5.75 Å². The van der Waals surface area contributed by atoms with Crippen molar-refractivity contribution >= 4 is 28.9 Å². The van der Waals surface area contributed by atoms with Crippen LogP contribution >= 0.6 is 11.6 Å². The number of nitrogens with one attached hydrogen (secondary N) is 1. The molecule has 1 aromatic carbocycles. The van der Waals surface area contributed by atoms with E-state index in [0.717, 1.165) is 23.5 Å². The zero-order valence-corrected chi connectivity index (χ0v) is 19.9. The van der Waals surface area contributed by atoms with E-state index in [0.29, 0.717) is 13.1 Å². The van der Waals surface area contributed by atoms with Crippen LogP contribution in [0.2, 0.25) is 5.28 Å². The van der Waals surface area contributed by atoms with E-state index in [2.05, 4.69) is 15.3 Å². The van der Waals surface area contributed by atoms with Gasteiger partial charge in [0, 0.05) is 19.1 Å². The van der Waals surface area contributed by atoms with E-state index in [4.69, 9.17) is 21.1 Å². The van der Waals surface area contributed by atoms with Gasteiger partial charge in [-0.1, -0.05) is 18.2 Å². The first-order chi connectivity index (χ1) is 15.8. The highest BCUT2D eigenvalue weighted by Crippen LogP contribution is 2.36. The van der Waals surface area contributed by atoms with Gasteiger partial charge in [-0.05, 0) is 67.6 Å². The Morgan fingerprint density at radius 2 is 1.97 bits per heavy atom. The van der Waals surface area contributed by atoms with E-state index in [1.54, 1.807) is 14.2 Å². The highest BCUT2D eigenvalue weighted by molar-refractivity contribution is 6.28. The van der Waals surface area contributed by atoms with E-state index in [1.807, 2.05) is 61.2 Å². The van der Waals surface area contributed by atoms with Gasteiger partial charge in [0.05, 0.1) is 19.1 Å². The average Bonchev–Trinajstić information content (AvgIpc) is 2.78. The average molecular weight is 474 g/mol. The van der Waals surface area contributed by atoms with Gasteiger partial charge in [-0.3, -0.25) is 10.1 Å². The molecule has 0 saturated carbocycles. The lowest BCUT2D eigenvalue weighted by atomic mass is 9.99. The molecule has 9 nitrogen and oxygen atoms in total. The Morgan fingerprint density at radius 1 is 1.24 bits per heavy atom. The number of hydrogen-bond acceptors (Lipinski definition) is 8. The molecule has 0 spiro atoms. The molecule has 0 radical (unpaired) electrons. The molecular weight excluding hydrogens is 446 g/mol. The fourth-order valence-electron chi connectivity index (χ4n) is 3.57. The molecule has 0 fully saturated rings. The second-order valence-electron chi connectivity index (χ2n) is 7.96. The van der Waals surface area contributed by atoms with E-state index in [1.165, 1.54) is 0 Å². The van der Waals surface area contributed by atoms with E-state index >= 15 is 0 Å². The Bertz CT molecular complexity index is 1040. The smallest absolute Gasteiger partial charge is 0.353 e. The summed E-state index contributed by atoms with van der Waals surface area (Å²) in [6.45, 7) is 4.64. The maximum atomic E-state index is 12.1. The first kappa shape index (κ1) is 24.3. The van der Waals surface area contributed by atoms with Gasteiger partial charge in [0.25, 0.3) is 0 Å². The number of rotatable bonds is 10. The van der Waals surface area contributed by atoms with Crippen LogP contribution in [-0.4, -0.2) is 41.7 Å². The lowest BCUT2D eigenvalue weighted by Crippen LogP contribution is -2.31. The zero-order valence-electron chi connectivity index (χ0n) is 19.1. The van der Waals surface area contributed by atoms with Crippen molar-refractivity contribution in [2.24, 2.45) is 5.92 Å². The number of anilines is 2. The number of nitrogens with zero attached hydrogens (tertiary/aromatic N) is 4. The molecule has 1 N–H and O–H groups in total. The third-order valence-corrected chi connectivity index (χ3v) is 5.29. The second kappa shape index (κ2) is 11.0. The number of hydrogen-bond donors (Lipinski definition) is 1. The fourth-order valence-corrected chi connectivity index (χ4v) is 3.74. The van der Waals surface area contributed by atoms with Gasteiger partial charge in [0.1, 0.15) is 11.5 Å². The molecule has 1 aliphatic carbocycles. The van der Waals surface area contributed by atoms with Crippen LogP contribution in [-0.2, 0) is 11.3 Å². The number of nitro groups is 1. The summed E-state index contributed by atoms with van der Waals surface area (Å²) < 4.78 is 10.5. The summed E-state index contributed by atoms with van der Waals surface area (Å²) in [6.07, 6.45) is 6.69. The molecule has 33 heavy (non-hydrogen) atoms. The number of halogens is 1. The molecule has 0 bridgehead atoms. The lowest BCUT2D eigenvalue weighted by molar-refractivity contribution is -0.383. The molecular formula is C23H28ClN5O4. The molecule has 0 saturated heterocycles. The van der Waals surface area contributed by atoms with Gasteiger partial charge in [-0.2, -0.15) is 9.97 Å². The highest BCUT2D eigenvalue weighted by atomic mass is 35.5. The zero-order chi connectivity index (χ0) is 24.0. The Kier molecular flexibility index (Phi) is 8.11. The minimum absolute atomic E-state index is 0.0563. The Labute approximate surface area is 198 Å². The SMILES string of the molecule is COC1=CCC(CN(Cc2ccc(OC)cc2)c2nc(Cl)nc(NC(C)C)c2[N+](=O)[O-])C=C1. The van der Waals surface area contributed by atoms with Crippen molar-refractivity contribution in [2.45, 2.75) is 32.9 Å². The van der Waals surface area contributed by atoms with Crippen molar-refractivity contribution in [2.75, 3.05) is 31.0 Å². The minimum atomic E-state index is -0.461. The molecule has 1 atom stereocenters. The maximum Gasteiger partial charge on any atom is 0.353 e. The van der Waals surface area contributed by atoms with Gasteiger partial charge >= 0.3 is 5.69 Å². The topological polar surface area (TPSA) is 103 Å². The third kappa shape index (κ3) is 6.35. The number of ether oxygens (including phenoxy) is 2. The van der Waals surface area contributed by atoms with Crippen molar-refractivity contribution < 1.29 is 14.4 Å². The third-order valence-electron chi connectivity index (χ3n) is 5.12. The lowest BCUT2D eigenvalue weighted by Gasteiger charge is -2.28. The van der Waals surface area contributed by atoms with Crippen LogP contribution < -0.4 is 15.0 Å². The minimum Gasteiger partial charge on any atom is -0.497 e. The Balaban J connectivity index is 2.02. The van der Waals surface area contributed by atoms with E-state index in [9.17, 15) is 10.1 Å². The van der Waals surface area contributed by atoms with E-state index in [-0.39, 0.29) is 34.6 Å². The van der Waals surface area contributed by atoms with Gasteiger partial charge in [-0.15, -0.1) is 0 Å². The molecule has 0 amide bonds. The summed E-state index contributed by atoms with van der Waals surface area (Å²) in [6, 6.07) is 7.49. The molecule has 3 rings (SSSR count). The molecule has 1 unspecified atom stereocenters. The second-order valence-corrected chi connectivity index (χ2v) is 8.30. The largest absolute Gasteiger partial charge is 0.497 e. The summed E-state index contributed by atoms with van der Waals surface area (Å²) in [5, 5.41) is 15.1. The predicted octanol–water partition coefficient (Wildman–Crippen LogP) is 4.98. The van der Waals surface area contributed by atoms with Crippen LogP contribution in [0.3, 0.4) is 0 Å². The molecule has 10 heteroatoms. The van der Waals surface area contributed by atoms with Crippen molar-refractivity contribution in [1.29, 1.82) is 0 Å². The van der Waals surface area contributed by atoms with Crippen molar-refractivity contribution in [3.63, 3.8) is 0 Å². The molecule has 0 aliphatic heterocycles. The summed E-state index contributed by atoms with van der Waals surface area (Å²) in [4.78, 5) is 21.9. The normalized spacial score (nSPS) is 15.2. The fraction of sp³-hybridized carbons (Fsp3) is 0.391. The Morgan fingerprint density at radius 3 is 2.52 bits per heavy atom. The Hall–Kier alpha value is -3.33. The van der Waals surface area contributed by atoms with Crippen molar-refractivity contribution in [3.8, 4) is 5.75 Å². The van der Waals surface area contributed by atoms with Crippen LogP contribution in [0.15, 0.2) is 48.3 Å². The van der Waals surface area contributed by atoms with Gasteiger partial charge in [0.15, 0.2) is 0 Å². The summed E-state index contributed by atoms with van der Waals surface area (Å²) in [5.74, 6) is 1.92. The van der Waals surface area contributed by atoms with Gasteiger partial charge in [-0.25, -0.2) is 0 Å². The number of benzene rings is 1. The van der Waals surface area contributed by atoms with Crippen LogP contribution in [0.1, 0.15) is 25.8 Å². The summed E-state index contributed by atoms with van der Waals surface area (Å²) in [5.41, 5.74) is 0.751. The van der Waals surface area contributed by atoms with Gasteiger partial charge in [0.2, 0.25) is 16.9 Å². The molecule has 176 valence electrons. The number of methoxy groups -OCH3 is 2. The molecule has 1 aliphatic rings. The quantitative estimate of drug-likeness (QED) is 0.293. The van der Waals surface area contributed by atoms with Crippen molar-refractivity contribution in [1.82, 2.24) is 9.97 Å². The van der Waals surface area contributed by atoms with E-state index < -0.39 is 4.92 Å². The summed E-state index contributed by atoms with van der Waals surface area (Å²) >= 11 is 6.21. The van der Waals surface area contributed by atoms with Gasteiger partial charge < -0.3 is 19.7 Å². The van der Waals surface area contributed by atoms with Crippen LogP contribution in [0.25, 0.3) is 0 Å². The standard InChI is InChI=1S/C23H28ClN5O4/c1-15(2)25-21-20(29(30)31)22(27-23(24)26-21)28(13-16-5-9-18(32-3)10-6-16)14-17-7-11-19(33-4)12-8-17/h5-7,9-12,15,17H,8,13-14H2,1-4H3,(H,25,26,27). The first-order valence-corrected chi connectivity index (χ1v) is 11.0. The maximum absolute atomic E-state index is 12.1. The van der Waals surface area contributed by atoms with Crippen LogP contribution in [0.4, 0.5) is 17.3 Å². The van der Waals surface area contributed by atoms with Crippen molar-refractivity contribution in [3.05, 3.63) is 69.2 Å². The first-order valence-electron chi connectivity index (χ1n) is 10.6. The number of allylic oxidation sites excluding steroid dienone is 2. The summed E-state index contributed by atoms with van der Waals surface area (Å²) in [7, 11) is 3.23. The monoisotopic (exact) mass is 473 g/mol. The molecule has 1 heterocycles. The molecule has 1 aromatic heterocycles. The number of aromatic nitrogens is 2. The predicted molar refractivity (Wildman–Crippen MR) is 129 cm³/mol.